The number of carbonyl (C=O) groups is 2. The van der Waals surface area contributed by atoms with Crippen LogP contribution in [-0.4, -0.2) is 34.7 Å². The third-order valence-corrected chi connectivity index (χ3v) is 5.30. The lowest BCUT2D eigenvalue weighted by Crippen LogP contribution is -2.43. The molecule has 3 aromatic rings. The van der Waals surface area contributed by atoms with E-state index in [1.165, 1.54) is 0 Å². The van der Waals surface area contributed by atoms with Crippen LogP contribution in [0.5, 0.6) is 0 Å². The van der Waals surface area contributed by atoms with Gasteiger partial charge in [-0.05, 0) is 48.6 Å². The largest absolute Gasteiger partial charge is 0.467 e. The van der Waals surface area contributed by atoms with Gasteiger partial charge >= 0.3 is 0 Å². The minimum atomic E-state index is -0.180. The first-order valence-corrected chi connectivity index (χ1v) is 11.4. The van der Waals surface area contributed by atoms with E-state index in [9.17, 15) is 9.59 Å². The average molecular weight is 451 g/mol. The van der Waals surface area contributed by atoms with Crippen molar-refractivity contribution in [1.29, 1.82) is 0 Å². The van der Waals surface area contributed by atoms with Crippen LogP contribution in [0.3, 0.4) is 0 Å². The predicted octanol–water partition coefficient (Wildman–Crippen LogP) is 5.22. The number of hydrogen-bond donors (Lipinski definition) is 0. The first-order chi connectivity index (χ1) is 15.7. The first kappa shape index (κ1) is 24.4. The Hall–Kier alpha value is -3.28. The number of nitrogens with zero attached hydrogens (tertiary/aromatic N) is 2. The van der Waals surface area contributed by atoms with Crippen LogP contribution < -0.4 is 0 Å². The smallest absolute Gasteiger partial charge is 0.242 e. The Morgan fingerprint density at radius 2 is 1.58 bits per heavy atom. The molecule has 0 aliphatic rings. The molecule has 3 rings (SSSR count). The highest BCUT2D eigenvalue weighted by Crippen LogP contribution is 2.21. The molecule has 2 amide bonds. The fourth-order valence-corrected chi connectivity index (χ4v) is 3.61. The monoisotopic (exact) mass is 450 g/mol. The van der Waals surface area contributed by atoms with E-state index in [4.69, 9.17) is 8.83 Å². The van der Waals surface area contributed by atoms with Crippen molar-refractivity contribution >= 4 is 11.8 Å². The molecule has 0 bridgehead atoms. The van der Waals surface area contributed by atoms with Gasteiger partial charge < -0.3 is 18.6 Å². The van der Waals surface area contributed by atoms with Gasteiger partial charge in [0.25, 0.3) is 0 Å². The maximum Gasteiger partial charge on any atom is 0.242 e. The van der Waals surface area contributed by atoms with E-state index in [0.29, 0.717) is 25.3 Å². The molecule has 1 aromatic carbocycles. The van der Waals surface area contributed by atoms with Crippen molar-refractivity contribution < 1.29 is 18.4 Å². The van der Waals surface area contributed by atoms with Crippen molar-refractivity contribution in [2.24, 2.45) is 5.41 Å². The second-order valence-corrected chi connectivity index (χ2v) is 9.63. The Morgan fingerprint density at radius 3 is 2.18 bits per heavy atom. The Labute approximate surface area is 196 Å². The molecule has 0 radical (unpaired) electrons. The molecule has 6 nitrogen and oxygen atoms in total. The van der Waals surface area contributed by atoms with E-state index in [0.717, 1.165) is 23.5 Å². The van der Waals surface area contributed by atoms with Crippen molar-refractivity contribution in [3.05, 3.63) is 83.7 Å². The van der Waals surface area contributed by atoms with Crippen LogP contribution >= 0.6 is 0 Å². The molecule has 0 saturated heterocycles. The SMILES string of the molecule is Cc1ccc(CN(CCc2ccccc2)C(=O)CN(Cc2ccco2)C(=O)CC(C)(C)C)o1. The van der Waals surface area contributed by atoms with Gasteiger partial charge in [-0.2, -0.15) is 0 Å². The molecule has 2 aromatic heterocycles. The van der Waals surface area contributed by atoms with Gasteiger partial charge in [0.15, 0.2) is 0 Å². The highest BCUT2D eigenvalue weighted by molar-refractivity contribution is 5.85. The Balaban J connectivity index is 1.75. The van der Waals surface area contributed by atoms with Gasteiger partial charge in [-0.1, -0.05) is 51.1 Å². The fraction of sp³-hybridized carbons (Fsp3) is 0.407. The number of hydrogen-bond acceptors (Lipinski definition) is 4. The maximum absolute atomic E-state index is 13.4. The molecule has 0 N–H and O–H groups in total. The van der Waals surface area contributed by atoms with Gasteiger partial charge in [0.2, 0.25) is 11.8 Å². The second-order valence-electron chi connectivity index (χ2n) is 9.63. The van der Waals surface area contributed by atoms with Crippen molar-refractivity contribution in [1.82, 2.24) is 9.80 Å². The number of amides is 2. The lowest BCUT2D eigenvalue weighted by atomic mass is 9.91. The number of furan rings is 2. The Morgan fingerprint density at radius 1 is 0.848 bits per heavy atom. The Bertz CT molecular complexity index is 1020. The van der Waals surface area contributed by atoms with Crippen molar-refractivity contribution in [2.45, 2.75) is 53.6 Å². The molecule has 0 unspecified atom stereocenters. The average Bonchev–Trinajstić information content (AvgIpc) is 3.41. The third kappa shape index (κ3) is 7.97. The van der Waals surface area contributed by atoms with E-state index in [-0.39, 0.29) is 30.3 Å². The van der Waals surface area contributed by atoms with Gasteiger partial charge in [0, 0.05) is 13.0 Å². The van der Waals surface area contributed by atoms with E-state index in [1.54, 1.807) is 22.1 Å². The highest BCUT2D eigenvalue weighted by atomic mass is 16.3. The van der Waals surface area contributed by atoms with E-state index >= 15 is 0 Å². The van der Waals surface area contributed by atoms with Crippen molar-refractivity contribution in [3.63, 3.8) is 0 Å². The van der Waals surface area contributed by atoms with Gasteiger partial charge in [-0.15, -0.1) is 0 Å². The molecule has 0 fully saturated rings. The molecule has 176 valence electrons. The van der Waals surface area contributed by atoms with Crippen LogP contribution in [0.4, 0.5) is 0 Å². The lowest BCUT2D eigenvalue weighted by Gasteiger charge is -2.29. The normalized spacial score (nSPS) is 11.4. The number of carbonyl (C=O) groups excluding carboxylic acids is 2. The minimum absolute atomic E-state index is 0.00983. The molecule has 6 heteroatoms. The van der Waals surface area contributed by atoms with Crippen LogP contribution in [0.1, 0.15) is 50.0 Å². The lowest BCUT2D eigenvalue weighted by molar-refractivity contribution is -0.142. The standard InChI is InChI=1S/C27H34N2O4/c1-21-12-13-24(33-21)19-28(15-14-22-9-6-5-7-10-22)26(31)20-29(18-23-11-8-16-32-23)25(30)17-27(2,3)4/h5-13,16H,14-15,17-20H2,1-4H3. The topological polar surface area (TPSA) is 66.9 Å². The number of aryl methyl sites for hydroxylation is 1. The second kappa shape index (κ2) is 11.0. The maximum atomic E-state index is 13.4. The number of rotatable bonds is 10. The van der Waals surface area contributed by atoms with Crippen LogP contribution in [-0.2, 0) is 29.1 Å². The molecular formula is C27H34N2O4. The van der Waals surface area contributed by atoms with Gasteiger partial charge in [0.05, 0.1) is 19.4 Å². The Kier molecular flexibility index (Phi) is 8.15. The van der Waals surface area contributed by atoms with E-state index in [2.05, 4.69) is 12.1 Å². The zero-order valence-electron chi connectivity index (χ0n) is 20.0. The van der Waals surface area contributed by atoms with Crippen LogP contribution in [0.2, 0.25) is 0 Å². The van der Waals surface area contributed by atoms with Crippen molar-refractivity contribution in [2.75, 3.05) is 13.1 Å². The first-order valence-electron chi connectivity index (χ1n) is 11.4. The van der Waals surface area contributed by atoms with Gasteiger partial charge in [-0.25, -0.2) is 0 Å². The molecule has 0 spiro atoms. The fourth-order valence-electron chi connectivity index (χ4n) is 3.61. The van der Waals surface area contributed by atoms with Crippen molar-refractivity contribution in [3.8, 4) is 0 Å². The summed E-state index contributed by atoms with van der Waals surface area (Å²) in [5, 5.41) is 0. The summed E-state index contributed by atoms with van der Waals surface area (Å²) in [7, 11) is 0. The summed E-state index contributed by atoms with van der Waals surface area (Å²) in [6.07, 6.45) is 2.65. The summed E-state index contributed by atoms with van der Waals surface area (Å²) in [5.74, 6) is 2.01. The molecule has 0 atom stereocenters. The molecule has 0 aliphatic heterocycles. The summed E-state index contributed by atoms with van der Waals surface area (Å²) >= 11 is 0. The number of benzene rings is 1. The molecule has 33 heavy (non-hydrogen) atoms. The molecule has 0 saturated carbocycles. The minimum Gasteiger partial charge on any atom is -0.467 e. The quantitative estimate of drug-likeness (QED) is 0.425. The summed E-state index contributed by atoms with van der Waals surface area (Å²) in [5.41, 5.74) is 0.974. The van der Waals surface area contributed by atoms with Gasteiger partial charge in [-0.3, -0.25) is 9.59 Å². The summed E-state index contributed by atoms with van der Waals surface area (Å²) < 4.78 is 11.2. The summed E-state index contributed by atoms with van der Waals surface area (Å²) in [6.45, 7) is 9.09. The zero-order valence-corrected chi connectivity index (χ0v) is 20.0. The summed E-state index contributed by atoms with van der Waals surface area (Å²) in [4.78, 5) is 29.9. The van der Waals surface area contributed by atoms with Gasteiger partial charge in [0.1, 0.15) is 23.8 Å². The molecule has 0 aliphatic carbocycles. The molecular weight excluding hydrogens is 416 g/mol. The van der Waals surface area contributed by atoms with Crippen LogP contribution in [0, 0.1) is 12.3 Å². The van der Waals surface area contributed by atoms with E-state index < -0.39 is 0 Å². The highest BCUT2D eigenvalue weighted by Gasteiger charge is 2.26. The summed E-state index contributed by atoms with van der Waals surface area (Å²) in [6, 6.07) is 17.5. The third-order valence-electron chi connectivity index (χ3n) is 5.30. The van der Waals surface area contributed by atoms with Crippen LogP contribution in [0.15, 0.2) is 69.7 Å². The van der Waals surface area contributed by atoms with Crippen LogP contribution in [0.25, 0.3) is 0 Å². The predicted molar refractivity (Wildman–Crippen MR) is 127 cm³/mol. The van der Waals surface area contributed by atoms with E-state index in [1.807, 2.05) is 64.1 Å². The molecule has 2 heterocycles. The zero-order chi connectivity index (χ0) is 23.8.